The molecule has 4 nitrogen and oxygen atoms in total. The summed E-state index contributed by atoms with van der Waals surface area (Å²) in [6, 6.07) is 7.52. The number of benzene rings is 1. The molecule has 3 N–H and O–H groups in total. The maximum atomic E-state index is 11.7. The van der Waals surface area contributed by atoms with Crippen molar-refractivity contribution in [2.75, 3.05) is 12.3 Å². The highest BCUT2D eigenvalue weighted by Crippen LogP contribution is 2.13. The lowest BCUT2D eigenvalue weighted by molar-refractivity contribution is -0.130. The summed E-state index contributed by atoms with van der Waals surface area (Å²) in [7, 11) is 0. The second-order valence-corrected chi connectivity index (χ2v) is 3.92. The molecule has 86 valence electrons. The minimum atomic E-state index is -0.273. The second-order valence-electron chi connectivity index (χ2n) is 3.92. The third-order valence-corrected chi connectivity index (χ3v) is 2.73. The van der Waals surface area contributed by atoms with Crippen molar-refractivity contribution in [3.05, 3.63) is 29.8 Å². The largest absolute Gasteiger partial charge is 0.398 e. The molecule has 1 unspecified atom stereocenters. The molecule has 1 fully saturated rings. The molecule has 1 aromatic rings. The number of rotatable bonds is 3. The van der Waals surface area contributed by atoms with Crippen LogP contribution in [0.5, 0.6) is 0 Å². The molecule has 4 heteroatoms. The Morgan fingerprint density at radius 2 is 2.31 bits per heavy atom. The van der Waals surface area contributed by atoms with Crippen LogP contribution in [0.25, 0.3) is 0 Å². The van der Waals surface area contributed by atoms with E-state index in [1.54, 1.807) is 0 Å². The van der Waals surface area contributed by atoms with Gasteiger partial charge in [0.05, 0.1) is 0 Å². The van der Waals surface area contributed by atoms with E-state index in [1.165, 1.54) is 0 Å². The first kappa shape index (κ1) is 11.0. The van der Waals surface area contributed by atoms with Crippen molar-refractivity contribution in [2.24, 2.45) is 0 Å². The average molecular weight is 220 g/mol. The summed E-state index contributed by atoms with van der Waals surface area (Å²) in [6.07, 6.45) is 1.51. The molecule has 1 aromatic carbocycles. The van der Waals surface area contributed by atoms with Crippen molar-refractivity contribution in [3.63, 3.8) is 0 Å². The Morgan fingerprint density at radius 1 is 1.50 bits per heavy atom. The maximum absolute atomic E-state index is 11.7. The highest BCUT2D eigenvalue weighted by atomic mass is 16.5. The van der Waals surface area contributed by atoms with Gasteiger partial charge in [-0.25, -0.2) is 0 Å². The van der Waals surface area contributed by atoms with E-state index in [4.69, 9.17) is 10.5 Å². The van der Waals surface area contributed by atoms with Crippen LogP contribution >= 0.6 is 0 Å². The zero-order valence-corrected chi connectivity index (χ0v) is 9.11. The number of hydrogen-bond acceptors (Lipinski definition) is 3. The Labute approximate surface area is 94.8 Å². The maximum Gasteiger partial charge on any atom is 0.249 e. The fraction of sp³-hybridized carbons (Fsp3) is 0.417. The van der Waals surface area contributed by atoms with E-state index >= 15 is 0 Å². The van der Waals surface area contributed by atoms with Gasteiger partial charge >= 0.3 is 0 Å². The lowest BCUT2D eigenvalue weighted by Crippen LogP contribution is -2.33. The standard InChI is InChI=1S/C12H16N2O2/c13-10-5-2-1-4-9(10)8-14-12(15)11-6-3-7-16-11/h1-2,4-5,11H,3,6-8,13H2,(H,14,15). The first-order valence-electron chi connectivity index (χ1n) is 5.50. The van der Waals surface area contributed by atoms with Gasteiger partial charge in [-0.05, 0) is 24.5 Å². The minimum Gasteiger partial charge on any atom is -0.398 e. The Morgan fingerprint density at radius 3 is 3.00 bits per heavy atom. The number of ether oxygens (including phenoxy) is 1. The van der Waals surface area contributed by atoms with E-state index in [2.05, 4.69) is 5.32 Å². The van der Waals surface area contributed by atoms with Gasteiger partial charge in [0.1, 0.15) is 6.10 Å². The molecule has 1 aliphatic rings. The zero-order valence-electron chi connectivity index (χ0n) is 9.11. The number of carbonyl (C=O) groups excluding carboxylic acids is 1. The highest BCUT2D eigenvalue weighted by Gasteiger charge is 2.22. The summed E-state index contributed by atoms with van der Waals surface area (Å²) in [5.41, 5.74) is 7.42. The van der Waals surface area contributed by atoms with Crippen molar-refractivity contribution in [1.82, 2.24) is 5.32 Å². The van der Waals surface area contributed by atoms with Gasteiger partial charge in [0.15, 0.2) is 0 Å². The highest BCUT2D eigenvalue weighted by molar-refractivity contribution is 5.81. The number of hydrogen-bond donors (Lipinski definition) is 2. The molecule has 1 amide bonds. The number of anilines is 1. The van der Waals surface area contributed by atoms with Gasteiger partial charge in [-0.2, -0.15) is 0 Å². The van der Waals surface area contributed by atoms with Crippen LogP contribution in [0.15, 0.2) is 24.3 Å². The van der Waals surface area contributed by atoms with Crippen molar-refractivity contribution >= 4 is 11.6 Å². The third kappa shape index (κ3) is 2.52. The van der Waals surface area contributed by atoms with Crippen molar-refractivity contribution in [2.45, 2.75) is 25.5 Å². The van der Waals surface area contributed by atoms with Gasteiger partial charge in [0.2, 0.25) is 5.91 Å². The van der Waals surface area contributed by atoms with E-state index in [-0.39, 0.29) is 12.0 Å². The number of amides is 1. The van der Waals surface area contributed by atoms with Crippen LogP contribution in [0.2, 0.25) is 0 Å². The molecule has 2 rings (SSSR count). The smallest absolute Gasteiger partial charge is 0.249 e. The summed E-state index contributed by atoms with van der Waals surface area (Å²) in [5, 5.41) is 2.84. The predicted molar refractivity (Wildman–Crippen MR) is 61.7 cm³/mol. The van der Waals surface area contributed by atoms with Crippen LogP contribution in [0.4, 0.5) is 5.69 Å². The van der Waals surface area contributed by atoms with Gasteiger partial charge in [-0.3, -0.25) is 4.79 Å². The van der Waals surface area contributed by atoms with E-state index in [9.17, 15) is 4.79 Å². The predicted octanol–water partition coefficient (Wildman–Crippen LogP) is 1.06. The summed E-state index contributed by atoms with van der Waals surface area (Å²) < 4.78 is 5.29. The average Bonchev–Trinajstić information content (AvgIpc) is 2.81. The van der Waals surface area contributed by atoms with E-state index < -0.39 is 0 Å². The SMILES string of the molecule is Nc1ccccc1CNC(=O)C1CCCO1. The van der Waals surface area contributed by atoms with Crippen LogP contribution in [-0.4, -0.2) is 18.6 Å². The van der Waals surface area contributed by atoms with Gasteiger partial charge in [0, 0.05) is 18.8 Å². The van der Waals surface area contributed by atoms with Crippen LogP contribution in [0.1, 0.15) is 18.4 Å². The lowest BCUT2D eigenvalue weighted by atomic mass is 10.1. The fourth-order valence-corrected chi connectivity index (χ4v) is 1.78. The normalized spacial score (nSPS) is 19.6. The lowest BCUT2D eigenvalue weighted by Gasteiger charge is -2.11. The molecule has 1 heterocycles. The second kappa shape index (κ2) is 4.99. The van der Waals surface area contributed by atoms with Crippen molar-refractivity contribution in [1.29, 1.82) is 0 Å². The van der Waals surface area contributed by atoms with Gasteiger partial charge < -0.3 is 15.8 Å². The van der Waals surface area contributed by atoms with Crippen LogP contribution < -0.4 is 11.1 Å². The minimum absolute atomic E-state index is 0.0410. The number of para-hydroxylation sites is 1. The van der Waals surface area contributed by atoms with Crippen molar-refractivity contribution in [3.8, 4) is 0 Å². The van der Waals surface area contributed by atoms with E-state index in [0.717, 1.165) is 18.4 Å². The quantitative estimate of drug-likeness (QED) is 0.749. The number of carbonyl (C=O) groups is 1. The van der Waals surface area contributed by atoms with E-state index in [1.807, 2.05) is 24.3 Å². The molecular formula is C12H16N2O2. The topological polar surface area (TPSA) is 64.3 Å². The number of nitrogen functional groups attached to an aromatic ring is 1. The molecule has 0 spiro atoms. The van der Waals surface area contributed by atoms with Gasteiger partial charge in [-0.15, -0.1) is 0 Å². The monoisotopic (exact) mass is 220 g/mol. The third-order valence-electron chi connectivity index (χ3n) is 2.73. The fourth-order valence-electron chi connectivity index (χ4n) is 1.78. The number of nitrogens with two attached hydrogens (primary N) is 1. The Kier molecular flexibility index (Phi) is 3.41. The van der Waals surface area contributed by atoms with Gasteiger partial charge in [-0.1, -0.05) is 18.2 Å². The Balaban J connectivity index is 1.87. The Hall–Kier alpha value is -1.55. The molecule has 0 aromatic heterocycles. The van der Waals surface area contributed by atoms with Crippen LogP contribution in [0.3, 0.4) is 0 Å². The van der Waals surface area contributed by atoms with Gasteiger partial charge in [0.25, 0.3) is 0 Å². The Bertz CT molecular complexity index is 373. The molecular weight excluding hydrogens is 204 g/mol. The molecule has 1 atom stereocenters. The summed E-state index contributed by atoms with van der Waals surface area (Å²) in [5.74, 6) is -0.0410. The molecule has 0 radical (unpaired) electrons. The first-order valence-corrected chi connectivity index (χ1v) is 5.50. The van der Waals surface area contributed by atoms with Crippen LogP contribution in [0, 0.1) is 0 Å². The van der Waals surface area contributed by atoms with Crippen LogP contribution in [-0.2, 0) is 16.1 Å². The van der Waals surface area contributed by atoms with Crippen molar-refractivity contribution < 1.29 is 9.53 Å². The molecule has 0 aliphatic carbocycles. The number of nitrogens with one attached hydrogen (secondary N) is 1. The molecule has 1 aliphatic heterocycles. The molecule has 1 saturated heterocycles. The summed E-state index contributed by atoms with van der Waals surface area (Å²) in [6.45, 7) is 1.15. The summed E-state index contributed by atoms with van der Waals surface area (Å²) in [4.78, 5) is 11.7. The zero-order chi connectivity index (χ0) is 11.4. The van der Waals surface area contributed by atoms with E-state index in [0.29, 0.717) is 18.8 Å². The molecule has 16 heavy (non-hydrogen) atoms. The molecule has 0 bridgehead atoms. The molecule has 0 saturated carbocycles. The first-order chi connectivity index (χ1) is 7.77. The summed E-state index contributed by atoms with van der Waals surface area (Å²) >= 11 is 0.